The van der Waals surface area contributed by atoms with E-state index in [0.29, 0.717) is 5.54 Å². The lowest BCUT2D eigenvalue weighted by Gasteiger charge is -2.48. The summed E-state index contributed by atoms with van der Waals surface area (Å²) < 4.78 is 0. The van der Waals surface area contributed by atoms with Crippen LogP contribution in [0.3, 0.4) is 0 Å². The van der Waals surface area contributed by atoms with Crippen molar-refractivity contribution >= 4 is 11.9 Å². The Labute approximate surface area is 177 Å². The lowest BCUT2D eigenvalue weighted by atomic mass is 9.79. The number of likely N-dealkylation sites (tertiary alicyclic amines) is 1. The van der Waals surface area contributed by atoms with E-state index >= 15 is 0 Å². The predicted molar refractivity (Wildman–Crippen MR) is 119 cm³/mol. The number of carbonyl (C=O) groups is 1. The molecule has 2 aliphatic heterocycles. The highest BCUT2D eigenvalue weighted by atomic mass is 16.2. The van der Waals surface area contributed by atoms with Crippen LogP contribution in [0.25, 0.3) is 0 Å². The number of rotatable bonds is 6. The average Bonchev–Trinajstić information content (AvgIpc) is 2.77. The molecule has 166 valence electrons. The summed E-state index contributed by atoms with van der Waals surface area (Å²) in [4.78, 5) is 23.1. The second-order valence-corrected chi connectivity index (χ2v) is 9.03. The molecule has 2 saturated heterocycles. The van der Waals surface area contributed by atoms with Crippen LogP contribution in [0.2, 0.25) is 0 Å². The Morgan fingerprint density at radius 1 is 0.897 bits per heavy atom. The molecule has 0 aromatic heterocycles. The minimum absolute atomic E-state index is 0.192. The minimum Gasteiger partial charge on any atom is -0.355 e. The van der Waals surface area contributed by atoms with Crippen molar-refractivity contribution in [1.29, 1.82) is 0 Å². The molecule has 0 radical (unpaired) electrons. The van der Waals surface area contributed by atoms with E-state index in [1.807, 2.05) is 11.9 Å². The number of piperidine rings is 1. The van der Waals surface area contributed by atoms with Gasteiger partial charge in [-0.15, -0.1) is 0 Å². The van der Waals surface area contributed by atoms with Crippen LogP contribution in [0.1, 0.15) is 58.3 Å². The van der Waals surface area contributed by atoms with Gasteiger partial charge in [0.2, 0.25) is 5.91 Å². The molecule has 2 N–H and O–H groups in total. The van der Waals surface area contributed by atoms with Gasteiger partial charge in [0, 0.05) is 65.3 Å². The summed E-state index contributed by atoms with van der Waals surface area (Å²) in [6.45, 7) is 10.7. The van der Waals surface area contributed by atoms with E-state index in [-0.39, 0.29) is 5.91 Å². The van der Waals surface area contributed by atoms with E-state index in [1.54, 1.807) is 6.92 Å². The third-order valence-electron chi connectivity index (χ3n) is 7.16. The van der Waals surface area contributed by atoms with E-state index in [9.17, 15) is 4.79 Å². The largest absolute Gasteiger partial charge is 0.355 e. The first-order valence-electron chi connectivity index (χ1n) is 11.8. The summed E-state index contributed by atoms with van der Waals surface area (Å²) in [6.07, 6.45) is 10.8. The number of nitrogens with one attached hydrogen (secondary N) is 2. The highest BCUT2D eigenvalue weighted by Gasteiger charge is 2.38. The van der Waals surface area contributed by atoms with Crippen molar-refractivity contribution in [3.63, 3.8) is 0 Å². The SMILES string of the molecule is CN=C(NCCN1CCN(C(C)=O)CC1)NCC1(N2CCCCC2)CCCCC1. The number of carbonyl (C=O) groups excluding carboxylic acids is 1. The van der Waals surface area contributed by atoms with Crippen molar-refractivity contribution < 1.29 is 4.79 Å². The Kier molecular flexibility index (Phi) is 8.60. The van der Waals surface area contributed by atoms with Gasteiger partial charge in [0.25, 0.3) is 0 Å². The fourth-order valence-electron chi connectivity index (χ4n) is 5.27. The van der Waals surface area contributed by atoms with Gasteiger partial charge in [0.05, 0.1) is 0 Å². The van der Waals surface area contributed by atoms with Crippen molar-refractivity contribution in [3.8, 4) is 0 Å². The molecule has 29 heavy (non-hydrogen) atoms. The van der Waals surface area contributed by atoms with Gasteiger partial charge >= 0.3 is 0 Å². The third kappa shape index (κ3) is 6.32. The van der Waals surface area contributed by atoms with Crippen LogP contribution >= 0.6 is 0 Å². The molecule has 1 amide bonds. The zero-order chi connectivity index (χ0) is 20.5. The predicted octanol–water partition coefficient (Wildman–Crippen LogP) is 1.50. The molecule has 3 aliphatic rings. The first kappa shape index (κ1) is 22.3. The maximum absolute atomic E-state index is 11.5. The number of piperazine rings is 1. The number of aliphatic imine (C=N–C) groups is 1. The molecule has 7 nitrogen and oxygen atoms in total. The second kappa shape index (κ2) is 11.2. The van der Waals surface area contributed by atoms with Gasteiger partial charge in [-0.25, -0.2) is 0 Å². The van der Waals surface area contributed by atoms with Crippen LogP contribution < -0.4 is 10.6 Å². The van der Waals surface area contributed by atoms with Crippen LogP contribution in [0.5, 0.6) is 0 Å². The lowest BCUT2D eigenvalue weighted by molar-refractivity contribution is -0.130. The highest BCUT2D eigenvalue weighted by Crippen LogP contribution is 2.35. The van der Waals surface area contributed by atoms with Crippen LogP contribution in [-0.2, 0) is 4.79 Å². The number of hydrogen-bond acceptors (Lipinski definition) is 4. The normalized spacial score (nSPS) is 24.3. The van der Waals surface area contributed by atoms with Gasteiger partial charge in [-0.05, 0) is 38.8 Å². The Morgan fingerprint density at radius 3 is 2.17 bits per heavy atom. The van der Waals surface area contributed by atoms with E-state index in [4.69, 9.17) is 0 Å². The van der Waals surface area contributed by atoms with E-state index < -0.39 is 0 Å². The molecule has 0 spiro atoms. The molecule has 0 aromatic carbocycles. The van der Waals surface area contributed by atoms with Gasteiger partial charge in [-0.3, -0.25) is 19.6 Å². The number of guanidine groups is 1. The maximum atomic E-state index is 11.5. The van der Waals surface area contributed by atoms with Crippen molar-refractivity contribution in [2.45, 2.75) is 63.8 Å². The van der Waals surface area contributed by atoms with Crippen LogP contribution in [-0.4, -0.2) is 98.1 Å². The summed E-state index contributed by atoms with van der Waals surface area (Å²) >= 11 is 0. The molecule has 0 unspecified atom stereocenters. The molecular formula is C22H42N6O. The second-order valence-electron chi connectivity index (χ2n) is 9.03. The van der Waals surface area contributed by atoms with E-state index in [1.165, 1.54) is 64.5 Å². The van der Waals surface area contributed by atoms with Gasteiger partial charge in [-0.2, -0.15) is 0 Å². The van der Waals surface area contributed by atoms with Crippen molar-refractivity contribution in [2.24, 2.45) is 4.99 Å². The summed E-state index contributed by atoms with van der Waals surface area (Å²) in [5.41, 5.74) is 0.319. The van der Waals surface area contributed by atoms with Crippen LogP contribution in [0, 0.1) is 0 Å². The topological polar surface area (TPSA) is 63.2 Å². The van der Waals surface area contributed by atoms with Crippen LogP contribution in [0.15, 0.2) is 4.99 Å². The standard InChI is InChI=1S/C22H42N6O/c1-20(29)27-17-15-26(16-18-27)14-11-24-21(23-2)25-19-22(9-5-3-6-10-22)28-12-7-4-8-13-28/h3-19H2,1-2H3,(H2,23,24,25). The van der Waals surface area contributed by atoms with Crippen molar-refractivity contribution in [3.05, 3.63) is 0 Å². The highest BCUT2D eigenvalue weighted by molar-refractivity contribution is 5.79. The van der Waals surface area contributed by atoms with Crippen LogP contribution in [0.4, 0.5) is 0 Å². The van der Waals surface area contributed by atoms with Crippen molar-refractivity contribution in [2.75, 3.05) is 66.0 Å². The molecule has 3 rings (SSSR count). The maximum Gasteiger partial charge on any atom is 0.219 e. The lowest BCUT2D eigenvalue weighted by Crippen LogP contribution is -2.59. The Bertz CT molecular complexity index is 531. The number of nitrogens with zero attached hydrogens (tertiary/aromatic N) is 4. The summed E-state index contributed by atoms with van der Waals surface area (Å²) in [6, 6.07) is 0. The van der Waals surface area contributed by atoms with Gasteiger partial charge < -0.3 is 15.5 Å². The fraction of sp³-hybridized carbons (Fsp3) is 0.909. The number of amides is 1. The van der Waals surface area contributed by atoms with E-state index in [2.05, 4.69) is 25.4 Å². The molecule has 2 heterocycles. The van der Waals surface area contributed by atoms with Gasteiger partial charge in [0.1, 0.15) is 0 Å². The molecule has 7 heteroatoms. The monoisotopic (exact) mass is 406 g/mol. The van der Waals surface area contributed by atoms with Gasteiger partial charge in [-0.1, -0.05) is 25.7 Å². The quantitative estimate of drug-likeness (QED) is 0.517. The first-order chi connectivity index (χ1) is 14.1. The summed E-state index contributed by atoms with van der Waals surface area (Å²) in [5, 5.41) is 7.17. The van der Waals surface area contributed by atoms with Crippen molar-refractivity contribution in [1.82, 2.24) is 25.3 Å². The molecule has 3 fully saturated rings. The molecule has 0 aromatic rings. The number of hydrogen-bond donors (Lipinski definition) is 2. The molecular weight excluding hydrogens is 364 g/mol. The summed E-state index contributed by atoms with van der Waals surface area (Å²) in [7, 11) is 1.87. The smallest absolute Gasteiger partial charge is 0.219 e. The first-order valence-corrected chi connectivity index (χ1v) is 11.8. The minimum atomic E-state index is 0.192. The zero-order valence-electron chi connectivity index (χ0n) is 18.7. The van der Waals surface area contributed by atoms with Gasteiger partial charge in [0.15, 0.2) is 5.96 Å². The Balaban J connectivity index is 1.42. The molecule has 0 atom stereocenters. The summed E-state index contributed by atoms with van der Waals surface area (Å²) in [5.74, 6) is 1.12. The molecule has 1 aliphatic carbocycles. The Hall–Kier alpha value is -1.34. The van der Waals surface area contributed by atoms with E-state index in [0.717, 1.165) is 51.8 Å². The molecule has 0 bridgehead atoms. The Morgan fingerprint density at radius 2 is 1.55 bits per heavy atom. The third-order valence-corrected chi connectivity index (χ3v) is 7.16. The average molecular weight is 407 g/mol. The fourth-order valence-corrected chi connectivity index (χ4v) is 5.27. The zero-order valence-corrected chi connectivity index (χ0v) is 18.7. The molecule has 1 saturated carbocycles.